The van der Waals surface area contributed by atoms with Crippen LogP contribution in [0.2, 0.25) is 0 Å². The smallest absolute Gasteiger partial charge is 0.191 e. The largest absolute Gasteiger partial charge is 0.324 e. The molecule has 0 unspecified atom stereocenters. The summed E-state index contributed by atoms with van der Waals surface area (Å²) in [7, 11) is 0. The first kappa shape index (κ1) is 14.5. The van der Waals surface area contributed by atoms with Crippen LogP contribution < -0.4 is 5.73 Å². The second-order valence-corrected chi connectivity index (χ2v) is 5.11. The second-order valence-electron chi connectivity index (χ2n) is 4.17. The summed E-state index contributed by atoms with van der Waals surface area (Å²) in [6.07, 6.45) is 2.62. The average molecular weight is 288 g/mol. The molecule has 0 aliphatic carbocycles. The molecule has 7 heteroatoms. The van der Waals surface area contributed by atoms with Gasteiger partial charge in [-0.3, -0.25) is 0 Å². The summed E-state index contributed by atoms with van der Waals surface area (Å²) in [6, 6.07) is 5.84. The van der Waals surface area contributed by atoms with Crippen molar-refractivity contribution in [1.29, 1.82) is 5.26 Å². The van der Waals surface area contributed by atoms with Crippen molar-refractivity contribution in [2.75, 3.05) is 0 Å². The molecule has 2 heterocycles. The molecule has 0 amide bonds. The molecule has 2 N–H and O–H groups in total. The van der Waals surface area contributed by atoms with Gasteiger partial charge in [-0.2, -0.15) is 5.26 Å². The Balaban J connectivity index is 2.15. The Labute approximate surface area is 122 Å². The minimum atomic E-state index is 0.379. The Hall–Kier alpha value is -1.91. The van der Waals surface area contributed by atoms with Crippen molar-refractivity contribution in [3.8, 4) is 6.07 Å². The third kappa shape index (κ3) is 3.15. The van der Waals surface area contributed by atoms with Crippen LogP contribution in [0.4, 0.5) is 0 Å². The number of pyridine rings is 1. The van der Waals surface area contributed by atoms with Crippen LogP contribution in [0.15, 0.2) is 23.5 Å². The molecule has 0 aromatic carbocycles. The fourth-order valence-corrected chi connectivity index (χ4v) is 2.79. The summed E-state index contributed by atoms with van der Waals surface area (Å²) in [6.45, 7) is 3.33. The van der Waals surface area contributed by atoms with E-state index in [1.54, 1.807) is 18.0 Å². The Morgan fingerprint density at radius 3 is 3.00 bits per heavy atom. The number of hydrogen-bond acceptors (Lipinski definition) is 6. The van der Waals surface area contributed by atoms with E-state index in [1.807, 2.05) is 16.7 Å². The van der Waals surface area contributed by atoms with E-state index in [4.69, 9.17) is 11.0 Å². The minimum Gasteiger partial charge on any atom is -0.324 e. The van der Waals surface area contributed by atoms with Gasteiger partial charge in [-0.1, -0.05) is 24.8 Å². The number of hydrogen-bond donors (Lipinski definition) is 1. The van der Waals surface area contributed by atoms with Gasteiger partial charge in [-0.15, -0.1) is 10.2 Å². The van der Waals surface area contributed by atoms with Crippen LogP contribution >= 0.6 is 11.8 Å². The summed E-state index contributed by atoms with van der Waals surface area (Å²) in [4.78, 5) is 4.05. The number of nitrogens with zero attached hydrogens (tertiary/aromatic N) is 5. The third-order valence-corrected chi connectivity index (χ3v) is 3.79. The molecule has 0 radical (unpaired) electrons. The van der Waals surface area contributed by atoms with Crippen molar-refractivity contribution in [3.63, 3.8) is 0 Å². The predicted octanol–water partition coefficient (Wildman–Crippen LogP) is 1.71. The highest BCUT2D eigenvalue weighted by atomic mass is 32.2. The molecule has 0 atom stereocenters. The van der Waals surface area contributed by atoms with E-state index in [0.717, 1.165) is 29.5 Å². The summed E-state index contributed by atoms with van der Waals surface area (Å²) in [5, 5.41) is 18.1. The topological polar surface area (TPSA) is 93.4 Å². The van der Waals surface area contributed by atoms with Crippen molar-refractivity contribution in [3.05, 3.63) is 35.4 Å². The van der Waals surface area contributed by atoms with Crippen molar-refractivity contribution >= 4 is 11.8 Å². The van der Waals surface area contributed by atoms with Crippen molar-refractivity contribution in [1.82, 2.24) is 19.7 Å². The van der Waals surface area contributed by atoms with Gasteiger partial charge in [0.15, 0.2) is 5.16 Å². The van der Waals surface area contributed by atoms with E-state index in [2.05, 4.69) is 28.2 Å². The monoisotopic (exact) mass is 288 g/mol. The fraction of sp³-hybridized carbons (Fsp3) is 0.385. The zero-order chi connectivity index (χ0) is 14.4. The molecule has 20 heavy (non-hydrogen) atoms. The van der Waals surface area contributed by atoms with E-state index in [0.29, 0.717) is 18.0 Å². The van der Waals surface area contributed by atoms with Gasteiger partial charge in [-0.05, 0) is 18.1 Å². The second kappa shape index (κ2) is 7.03. The number of aromatic nitrogens is 4. The molecular weight excluding hydrogens is 272 g/mol. The highest BCUT2D eigenvalue weighted by molar-refractivity contribution is 7.98. The van der Waals surface area contributed by atoms with Crippen LogP contribution in [0.1, 0.15) is 30.4 Å². The SMILES string of the molecule is CCCn1c(CN)nnc1SCc1cccnc1C#N. The van der Waals surface area contributed by atoms with Crippen LogP contribution in [0.25, 0.3) is 0 Å². The molecule has 2 aromatic rings. The Bertz CT molecular complexity index is 616. The lowest BCUT2D eigenvalue weighted by atomic mass is 10.2. The van der Waals surface area contributed by atoms with Gasteiger partial charge in [0.05, 0.1) is 6.54 Å². The first-order valence-electron chi connectivity index (χ1n) is 6.39. The maximum atomic E-state index is 9.03. The zero-order valence-electron chi connectivity index (χ0n) is 11.3. The molecule has 2 rings (SSSR count). The van der Waals surface area contributed by atoms with Gasteiger partial charge in [0.1, 0.15) is 17.6 Å². The van der Waals surface area contributed by atoms with Gasteiger partial charge in [0, 0.05) is 18.5 Å². The highest BCUT2D eigenvalue weighted by Crippen LogP contribution is 2.23. The molecule has 0 bridgehead atoms. The molecule has 0 aliphatic rings. The molecule has 0 spiro atoms. The molecule has 0 saturated carbocycles. The standard InChI is InChI=1S/C13H16N6S/c1-2-6-19-12(8-15)17-18-13(19)20-9-10-4-3-5-16-11(10)7-14/h3-5H,2,6,8-9,15H2,1H3. The molecule has 2 aromatic heterocycles. The zero-order valence-corrected chi connectivity index (χ0v) is 12.1. The van der Waals surface area contributed by atoms with Crippen LogP contribution in [0.5, 0.6) is 0 Å². The van der Waals surface area contributed by atoms with Crippen molar-refractivity contribution < 1.29 is 0 Å². The molecule has 0 aliphatic heterocycles. The highest BCUT2D eigenvalue weighted by Gasteiger charge is 2.12. The van der Waals surface area contributed by atoms with Gasteiger partial charge in [0.2, 0.25) is 0 Å². The summed E-state index contributed by atoms with van der Waals surface area (Å²) < 4.78 is 2.03. The Morgan fingerprint density at radius 2 is 2.30 bits per heavy atom. The summed E-state index contributed by atoms with van der Waals surface area (Å²) >= 11 is 1.55. The van der Waals surface area contributed by atoms with Crippen LogP contribution in [-0.4, -0.2) is 19.7 Å². The van der Waals surface area contributed by atoms with E-state index >= 15 is 0 Å². The third-order valence-electron chi connectivity index (χ3n) is 2.78. The lowest BCUT2D eigenvalue weighted by Crippen LogP contribution is -2.09. The van der Waals surface area contributed by atoms with E-state index < -0.39 is 0 Å². The van der Waals surface area contributed by atoms with Crippen molar-refractivity contribution in [2.24, 2.45) is 5.73 Å². The fourth-order valence-electron chi connectivity index (χ4n) is 1.82. The van der Waals surface area contributed by atoms with Gasteiger partial charge < -0.3 is 10.3 Å². The minimum absolute atomic E-state index is 0.379. The lowest BCUT2D eigenvalue weighted by Gasteiger charge is -2.07. The number of rotatable bonds is 6. The normalized spacial score (nSPS) is 10.4. The molecule has 0 saturated heterocycles. The quantitative estimate of drug-likeness (QED) is 0.813. The summed E-state index contributed by atoms with van der Waals surface area (Å²) in [5.41, 5.74) is 7.02. The molecule has 0 fully saturated rings. The number of nitrogens with two attached hydrogens (primary N) is 1. The van der Waals surface area contributed by atoms with Gasteiger partial charge >= 0.3 is 0 Å². The van der Waals surface area contributed by atoms with Crippen molar-refractivity contribution in [2.45, 2.75) is 37.3 Å². The van der Waals surface area contributed by atoms with E-state index in [1.165, 1.54) is 0 Å². The van der Waals surface area contributed by atoms with Crippen LogP contribution in [0, 0.1) is 11.3 Å². The molecular formula is C13H16N6S. The predicted molar refractivity (Wildman–Crippen MR) is 76.7 cm³/mol. The number of nitriles is 1. The van der Waals surface area contributed by atoms with E-state index in [-0.39, 0.29) is 0 Å². The molecule has 104 valence electrons. The maximum Gasteiger partial charge on any atom is 0.191 e. The molecule has 6 nitrogen and oxygen atoms in total. The Kier molecular flexibility index (Phi) is 5.09. The first-order valence-corrected chi connectivity index (χ1v) is 7.37. The average Bonchev–Trinajstić information content (AvgIpc) is 2.88. The first-order chi connectivity index (χ1) is 9.80. The van der Waals surface area contributed by atoms with Gasteiger partial charge in [0.25, 0.3) is 0 Å². The Morgan fingerprint density at radius 1 is 1.45 bits per heavy atom. The lowest BCUT2D eigenvalue weighted by molar-refractivity contribution is 0.592. The maximum absolute atomic E-state index is 9.03. The van der Waals surface area contributed by atoms with E-state index in [9.17, 15) is 0 Å². The van der Waals surface area contributed by atoms with Gasteiger partial charge in [-0.25, -0.2) is 4.98 Å². The van der Waals surface area contributed by atoms with Crippen LogP contribution in [-0.2, 0) is 18.8 Å². The summed E-state index contributed by atoms with van der Waals surface area (Å²) in [5.74, 6) is 1.43. The van der Waals surface area contributed by atoms with Crippen LogP contribution in [0.3, 0.4) is 0 Å². The number of thioether (sulfide) groups is 1.